The molecule has 188 valence electrons. The second-order valence-corrected chi connectivity index (χ2v) is 10.7. The number of carbonyl (C=O) groups is 1. The first kappa shape index (κ1) is 25.1. The first-order chi connectivity index (χ1) is 16.6. The van der Waals surface area contributed by atoms with Gasteiger partial charge in [0, 0.05) is 36.3 Å². The van der Waals surface area contributed by atoms with Gasteiger partial charge in [-0.1, -0.05) is 11.3 Å². The molecule has 0 unspecified atom stereocenters. The topological polar surface area (TPSA) is 131 Å². The van der Waals surface area contributed by atoms with Gasteiger partial charge in [-0.05, 0) is 52.8 Å². The summed E-state index contributed by atoms with van der Waals surface area (Å²) in [6.07, 6.45) is 0.794. The van der Waals surface area contributed by atoms with E-state index >= 15 is 0 Å². The Morgan fingerprint density at radius 2 is 2.11 bits per heavy atom. The van der Waals surface area contributed by atoms with Crippen LogP contribution >= 0.6 is 11.3 Å². The van der Waals surface area contributed by atoms with E-state index in [0.717, 1.165) is 40.5 Å². The van der Waals surface area contributed by atoms with Crippen molar-refractivity contribution in [1.82, 2.24) is 30.2 Å². The minimum absolute atomic E-state index is 0.0443. The number of nitrogens with two attached hydrogens (primary N) is 1. The molecule has 0 spiro atoms. The van der Waals surface area contributed by atoms with Crippen molar-refractivity contribution < 1.29 is 14.6 Å². The molecular formula is C24H33N7O3S. The molecule has 10 nitrogen and oxygen atoms in total. The van der Waals surface area contributed by atoms with E-state index in [2.05, 4.69) is 20.4 Å². The van der Waals surface area contributed by atoms with Crippen LogP contribution in [0, 0.1) is 6.92 Å². The number of aliphatic hydroxyl groups excluding tert-OH is 1. The monoisotopic (exact) mass is 499 g/mol. The fraction of sp³-hybridized carbons (Fsp3) is 0.500. The number of benzene rings is 1. The summed E-state index contributed by atoms with van der Waals surface area (Å²) in [5, 5.41) is 27.2. The molecular weight excluding hydrogens is 466 g/mol. The molecule has 0 fully saturated rings. The zero-order valence-corrected chi connectivity index (χ0v) is 21.6. The van der Waals surface area contributed by atoms with E-state index in [9.17, 15) is 9.90 Å². The molecule has 0 saturated carbocycles. The average Bonchev–Trinajstić information content (AvgIpc) is 3.40. The highest BCUT2D eigenvalue weighted by Gasteiger charge is 2.27. The smallest absolute Gasteiger partial charge is 0.234 e. The number of nitrogen functional groups attached to an aromatic ring is 1. The van der Waals surface area contributed by atoms with Crippen molar-refractivity contribution in [3.63, 3.8) is 0 Å². The maximum absolute atomic E-state index is 12.4. The van der Waals surface area contributed by atoms with Gasteiger partial charge in [0.1, 0.15) is 10.8 Å². The predicted octanol–water partition coefficient (Wildman–Crippen LogP) is 2.31. The molecule has 4 rings (SSSR count). The van der Waals surface area contributed by atoms with Gasteiger partial charge in [-0.2, -0.15) is 5.10 Å². The van der Waals surface area contributed by atoms with E-state index in [1.807, 2.05) is 43.7 Å². The van der Waals surface area contributed by atoms with Crippen LogP contribution in [-0.4, -0.2) is 67.2 Å². The fourth-order valence-corrected chi connectivity index (χ4v) is 4.85. The third kappa shape index (κ3) is 5.63. The van der Waals surface area contributed by atoms with Gasteiger partial charge in [0.15, 0.2) is 0 Å². The van der Waals surface area contributed by atoms with E-state index in [-0.39, 0.29) is 25.2 Å². The van der Waals surface area contributed by atoms with Gasteiger partial charge >= 0.3 is 0 Å². The molecule has 1 aromatic carbocycles. The van der Waals surface area contributed by atoms with E-state index in [1.54, 1.807) is 13.8 Å². The lowest BCUT2D eigenvalue weighted by atomic mass is 10.1. The molecule has 3 heterocycles. The Morgan fingerprint density at radius 1 is 1.34 bits per heavy atom. The second-order valence-electron chi connectivity index (χ2n) is 9.78. The maximum Gasteiger partial charge on any atom is 0.234 e. The summed E-state index contributed by atoms with van der Waals surface area (Å²) in [7, 11) is 0. The van der Waals surface area contributed by atoms with Crippen molar-refractivity contribution in [3.8, 4) is 21.5 Å². The number of aliphatic hydroxyl groups is 1. The molecule has 3 aromatic rings. The highest BCUT2D eigenvalue weighted by Crippen LogP contribution is 2.33. The van der Waals surface area contributed by atoms with Crippen LogP contribution in [0.15, 0.2) is 18.2 Å². The summed E-state index contributed by atoms with van der Waals surface area (Å²) >= 11 is 1.45. The van der Waals surface area contributed by atoms with Crippen LogP contribution in [0.25, 0.3) is 15.7 Å². The number of rotatable bonds is 8. The zero-order chi connectivity index (χ0) is 25.3. The van der Waals surface area contributed by atoms with Crippen molar-refractivity contribution in [3.05, 3.63) is 35.2 Å². The second kappa shape index (κ2) is 9.92. The van der Waals surface area contributed by atoms with Crippen molar-refractivity contribution in [2.24, 2.45) is 0 Å². The van der Waals surface area contributed by atoms with Crippen LogP contribution in [0.3, 0.4) is 0 Å². The highest BCUT2D eigenvalue weighted by molar-refractivity contribution is 7.17. The number of aromatic nitrogens is 4. The lowest BCUT2D eigenvalue weighted by Gasteiger charge is -2.29. The number of anilines is 1. The largest absolute Gasteiger partial charge is 0.489 e. The molecule has 4 N–H and O–H groups in total. The Kier molecular flexibility index (Phi) is 7.11. The van der Waals surface area contributed by atoms with Gasteiger partial charge in [-0.25, -0.2) is 4.68 Å². The Bertz CT molecular complexity index is 1220. The minimum Gasteiger partial charge on any atom is -0.489 e. The van der Waals surface area contributed by atoms with Crippen LogP contribution in [0.4, 0.5) is 5.69 Å². The van der Waals surface area contributed by atoms with Crippen LogP contribution in [0.2, 0.25) is 0 Å². The molecule has 35 heavy (non-hydrogen) atoms. The van der Waals surface area contributed by atoms with Gasteiger partial charge in [-0.3, -0.25) is 9.69 Å². The van der Waals surface area contributed by atoms with Gasteiger partial charge in [0.25, 0.3) is 0 Å². The molecule has 0 atom stereocenters. The van der Waals surface area contributed by atoms with Crippen molar-refractivity contribution >= 4 is 22.9 Å². The summed E-state index contributed by atoms with van der Waals surface area (Å²) in [5.41, 5.74) is 10.1. The van der Waals surface area contributed by atoms with Gasteiger partial charge in [-0.15, -0.1) is 10.2 Å². The number of carbonyl (C=O) groups excluding carboxylic acids is 1. The molecule has 1 aliphatic heterocycles. The number of hydrogen-bond acceptors (Lipinski definition) is 9. The molecule has 0 saturated heterocycles. The van der Waals surface area contributed by atoms with Crippen LogP contribution in [0.5, 0.6) is 5.75 Å². The normalized spacial score (nSPS) is 14.3. The Morgan fingerprint density at radius 3 is 2.80 bits per heavy atom. The lowest BCUT2D eigenvalue weighted by Crippen LogP contribution is -2.50. The van der Waals surface area contributed by atoms with Crippen LogP contribution in [0.1, 0.15) is 44.6 Å². The summed E-state index contributed by atoms with van der Waals surface area (Å²) in [6.45, 7) is 11.1. The Balaban J connectivity index is 1.49. The third-order valence-electron chi connectivity index (χ3n) is 5.83. The molecule has 0 aliphatic carbocycles. The number of nitrogens with zero attached hydrogens (tertiary/aromatic N) is 5. The summed E-state index contributed by atoms with van der Waals surface area (Å²) in [4.78, 5) is 14.5. The lowest BCUT2D eigenvalue weighted by molar-refractivity contribution is -0.124. The number of nitrogens with one attached hydrogen (secondary N) is 1. The maximum atomic E-state index is 12.4. The van der Waals surface area contributed by atoms with Crippen molar-refractivity contribution in [2.75, 3.05) is 25.4 Å². The van der Waals surface area contributed by atoms with Gasteiger partial charge < -0.3 is 20.9 Å². The first-order valence-electron chi connectivity index (χ1n) is 11.7. The summed E-state index contributed by atoms with van der Waals surface area (Å²) in [5.74, 6) is 0.553. The SMILES string of the molecule is Cc1c2c(nn1-c1nnc(-c3ccc(OC(C)C)c(N)c3)s1)CCN(CC(=O)NC(C)(C)CO)C2. The first-order valence-corrected chi connectivity index (χ1v) is 12.5. The van der Waals surface area contributed by atoms with Crippen LogP contribution in [-0.2, 0) is 17.8 Å². The fourth-order valence-electron chi connectivity index (χ4n) is 4.01. The van der Waals surface area contributed by atoms with Crippen LogP contribution < -0.4 is 15.8 Å². The van der Waals surface area contributed by atoms with E-state index in [4.69, 9.17) is 15.6 Å². The van der Waals surface area contributed by atoms with Gasteiger partial charge in [0.2, 0.25) is 11.0 Å². The highest BCUT2D eigenvalue weighted by atomic mass is 32.1. The third-order valence-corrected chi connectivity index (χ3v) is 6.77. The molecule has 0 radical (unpaired) electrons. The Hall–Kier alpha value is -3.02. The number of fused-ring (bicyclic) bond motifs is 1. The number of ether oxygens (including phenoxy) is 1. The Labute approximate surface area is 209 Å². The van der Waals surface area contributed by atoms with Crippen molar-refractivity contribution in [1.29, 1.82) is 0 Å². The zero-order valence-electron chi connectivity index (χ0n) is 20.8. The van der Waals surface area contributed by atoms with E-state index in [0.29, 0.717) is 23.1 Å². The van der Waals surface area contributed by atoms with Crippen molar-refractivity contribution in [2.45, 2.75) is 59.2 Å². The number of hydrogen-bond donors (Lipinski definition) is 3. The van der Waals surface area contributed by atoms with E-state index in [1.165, 1.54) is 11.3 Å². The molecule has 1 amide bonds. The standard InChI is InChI=1S/C24H33N7O3S/c1-14(2)34-20-7-6-16(10-18(20)25)22-27-28-23(35-22)31-15(3)17-11-30(9-8-19(17)29-31)12-21(33)26-24(4,5)13-32/h6-7,10,14,32H,8-9,11-13,25H2,1-5H3,(H,26,33). The molecule has 1 aliphatic rings. The van der Waals surface area contributed by atoms with Gasteiger partial charge in [0.05, 0.1) is 36.2 Å². The molecule has 0 bridgehead atoms. The number of amides is 1. The average molecular weight is 500 g/mol. The molecule has 2 aromatic heterocycles. The summed E-state index contributed by atoms with van der Waals surface area (Å²) in [6, 6.07) is 5.64. The summed E-state index contributed by atoms with van der Waals surface area (Å²) < 4.78 is 7.56. The van der Waals surface area contributed by atoms with E-state index < -0.39 is 5.54 Å². The minimum atomic E-state index is -0.638. The quantitative estimate of drug-likeness (QED) is 0.403. The predicted molar refractivity (Wildman–Crippen MR) is 136 cm³/mol. The molecule has 11 heteroatoms.